The molecule has 0 aromatic rings. The van der Waals surface area contributed by atoms with Gasteiger partial charge in [0.25, 0.3) is 0 Å². The third-order valence-corrected chi connectivity index (χ3v) is 6.60. The second-order valence-corrected chi connectivity index (χ2v) is 9.86. The topological polar surface area (TPSA) is 158 Å². The SMILES string of the molecule is CCCCOC(=O)/C=C\C(=O)[O][Sb]([O]C(=O)/C=C\C(=O)OCCCC)[O]C(=O)/C=C\C(=O)OCCCC. The Labute approximate surface area is 224 Å². The molecule has 0 unspecified atom stereocenters. The van der Waals surface area contributed by atoms with E-state index in [1.807, 2.05) is 20.8 Å². The fourth-order valence-electron chi connectivity index (χ4n) is 1.87. The van der Waals surface area contributed by atoms with Crippen LogP contribution in [0.5, 0.6) is 0 Å². The summed E-state index contributed by atoms with van der Waals surface area (Å²) in [6, 6.07) is 0. The summed E-state index contributed by atoms with van der Waals surface area (Å²) >= 11 is -4.36. The van der Waals surface area contributed by atoms with E-state index in [0.717, 1.165) is 55.7 Å². The quantitative estimate of drug-likeness (QED) is 0.0713. The van der Waals surface area contributed by atoms with Gasteiger partial charge in [-0.2, -0.15) is 0 Å². The molecule has 0 amide bonds. The van der Waals surface area contributed by atoms with Gasteiger partial charge in [-0.15, -0.1) is 0 Å². The van der Waals surface area contributed by atoms with Gasteiger partial charge in [0.1, 0.15) is 0 Å². The van der Waals surface area contributed by atoms with Crippen molar-refractivity contribution in [3.63, 3.8) is 0 Å². The summed E-state index contributed by atoms with van der Waals surface area (Å²) in [6.45, 7) is 6.24. The standard InChI is InChI=1S/3C8H12O4.Sb/c3*1-2-3-6-12-8(11)5-4-7(9)10;/h3*4-5H,2-3,6H2,1H3,(H,9,10);/q;;;+3/p-3/b3*5-4-;. The van der Waals surface area contributed by atoms with Gasteiger partial charge in [0, 0.05) is 0 Å². The molecule has 0 aliphatic heterocycles. The molecule has 12 nitrogen and oxygen atoms in total. The van der Waals surface area contributed by atoms with Crippen LogP contribution in [0.15, 0.2) is 36.5 Å². The normalized spacial score (nSPS) is 11.0. The monoisotopic (exact) mass is 634 g/mol. The van der Waals surface area contributed by atoms with Gasteiger partial charge >= 0.3 is 225 Å². The Morgan fingerprint density at radius 3 is 0.946 bits per heavy atom. The zero-order valence-electron chi connectivity index (χ0n) is 21.2. The molecule has 0 aliphatic rings. The van der Waals surface area contributed by atoms with E-state index in [-0.39, 0.29) is 19.8 Å². The fraction of sp³-hybridized carbons (Fsp3) is 0.500. The molecule has 0 heterocycles. The maximum absolute atomic E-state index is 12.0. The molecule has 0 saturated heterocycles. The zero-order valence-corrected chi connectivity index (χ0v) is 23.7. The van der Waals surface area contributed by atoms with Crippen molar-refractivity contribution in [1.82, 2.24) is 0 Å². The number of hydrogen-bond donors (Lipinski definition) is 0. The molecule has 0 radical (unpaired) electrons. The number of carbonyl (C=O) groups is 6. The Balaban J connectivity index is 5.12. The second kappa shape index (κ2) is 22.1. The van der Waals surface area contributed by atoms with Crippen LogP contribution < -0.4 is 0 Å². The summed E-state index contributed by atoms with van der Waals surface area (Å²) in [5, 5.41) is 0. The molecule has 0 atom stereocenters. The van der Waals surface area contributed by atoms with Crippen molar-refractivity contribution in [3.05, 3.63) is 36.5 Å². The van der Waals surface area contributed by atoms with Crippen LogP contribution in [0.25, 0.3) is 0 Å². The summed E-state index contributed by atoms with van der Waals surface area (Å²) in [5.74, 6) is -5.79. The second-order valence-electron chi connectivity index (χ2n) is 7.02. The summed E-state index contributed by atoms with van der Waals surface area (Å²) in [7, 11) is 0. The molecular weight excluding hydrogens is 602 g/mol. The number of ether oxygens (including phenoxy) is 3. The van der Waals surface area contributed by atoms with Crippen molar-refractivity contribution < 1.29 is 52.0 Å². The van der Waals surface area contributed by atoms with Gasteiger partial charge in [-0.25, -0.2) is 0 Å². The van der Waals surface area contributed by atoms with Gasteiger partial charge in [-0.1, -0.05) is 0 Å². The van der Waals surface area contributed by atoms with Crippen molar-refractivity contribution in [3.8, 4) is 0 Å². The average Bonchev–Trinajstić information content (AvgIpc) is 2.85. The Morgan fingerprint density at radius 2 is 0.703 bits per heavy atom. The average molecular weight is 635 g/mol. The molecule has 0 aliphatic carbocycles. The first kappa shape index (κ1) is 33.9. The van der Waals surface area contributed by atoms with Gasteiger partial charge in [-0.05, 0) is 0 Å². The van der Waals surface area contributed by atoms with Crippen LogP contribution in [0.3, 0.4) is 0 Å². The van der Waals surface area contributed by atoms with Crippen LogP contribution in [-0.2, 0) is 52.0 Å². The van der Waals surface area contributed by atoms with Crippen molar-refractivity contribution in [2.75, 3.05) is 19.8 Å². The number of carbonyl (C=O) groups excluding carboxylic acids is 6. The van der Waals surface area contributed by atoms with Gasteiger partial charge in [-0.3, -0.25) is 0 Å². The molecule has 206 valence electrons. The first-order valence-electron chi connectivity index (χ1n) is 11.7. The fourth-order valence-corrected chi connectivity index (χ4v) is 3.97. The first-order chi connectivity index (χ1) is 17.7. The van der Waals surface area contributed by atoms with Gasteiger partial charge in [0.2, 0.25) is 0 Å². The molecule has 0 bridgehead atoms. The summed E-state index contributed by atoms with van der Waals surface area (Å²) < 4.78 is 29.3. The molecule has 0 aromatic carbocycles. The number of hydrogen-bond acceptors (Lipinski definition) is 12. The maximum atomic E-state index is 12.0. The van der Waals surface area contributed by atoms with E-state index in [1.54, 1.807) is 0 Å². The van der Waals surface area contributed by atoms with Gasteiger partial charge < -0.3 is 0 Å². The van der Waals surface area contributed by atoms with Crippen LogP contribution in [0, 0.1) is 0 Å². The van der Waals surface area contributed by atoms with E-state index in [4.69, 9.17) is 23.3 Å². The molecule has 0 rings (SSSR count). The van der Waals surface area contributed by atoms with Gasteiger partial charge in [0.05, 0.1) is 0 Å². The third kappa shape index (κ3) is 20.7. The molecule has 0 aromatic heterocycles. The van der Waals surface area contributed by atoms with E-state index >= 15 is 0 Å². The Kier molecular flexibility index (Phi) is 20.2. The molecule has 37 heavy (non-hydrogen) atoms. The van der Waals surface area contributed by atoms with Crippen molar-refractivity contribution in [1.29, 1.82) is 0 Å². The Hall–Kier alpha value is -3.14. The molecular formula is C24H33O12Sb. The third-order valence-electron chi connectivity index (χ3n) is 3.79. The Bertz CT molecular complexity index is 737. The summed E-state index contributed by atoms with van der Waals surface area (Å²) in [4.78, 5) is 70.8. The number of unbranched alkanes of at least 4 members (excludes halogenated alkanes) is 3. The molecule has 0 fully saturated rings. The van der Waals surface area contributed by atoms with E-state index in [9.17, 15) is 28.8 Å². The van der Waals surface area contributed by atoms with Crippen LogP contribution in [-0.4, -0.2) is 77.1 Å². The minimum absolute atomic E-state index is 0.171. The van der Waals surface area contributed by atoms with E-state index in [2.05, 4.69) is 0 Å². The predicted molar refractivity (Wildman–Crippen MR) is 129 cm³/mol. The molecule has 13 heteroatoms. The van der Waals surface area contributed by atoms with Crippen LogP contribution in [0.1, 0.15) is 59.3 Å². The van der Waals surface area contributed by atoms with Crippen LogP contribution >= 0.6 is 0 Å². The van der Waals surface area contributed by atoms with Crippen molar-refractivity contribution in [2.24, 2.45) is 0 Å². The molecule has 0 saturated carbocycles. The minimum atomic E-state index is -4.36. The van der Waals surface area contributed by atoms with Crippen molar-refractivity contribution in [2.45, 2.75) is 59.3 Å². The first-order valence-corrected chi connectivity index (χ1v) is 14.8. The molecule has 0 N–H and O–H groups in total. The van der Waals surface area contributed by atoms with Gasteiger partial charge in [0.15, 0.2) is 0 Å². The van der Waals surface area contributed by atoms with Crippen molar-refractivity contribution >= 4 is 57.3 Å². The van der Waals surface area contributed by atoms with Crippen LogP contribution in [0.2, 0.25) is 0 Å². The number of rotatable bonds is 18. The molecule has 0 spiro atoms. The summed E-state index contributed by atoms with van der Waals surface area (Å²) in [5.41, 5.74) is 0. The zero-order chi connectivity index (χ0) is 27.9. The number of esters is 3. The van der Waals surface area contributed by atoms with E-state index < -0.39 is 57.3 Å². The summed E-state index contributed by atoms with van der Waals surface area (Å²) in [6.07, 6.45) is 8.92. The van der Waals surface area contributed by atoms with E-state index in [1.165, 1.54) is 0 Å². The predicted octanol–water partition coefficient (Wildman–Crippen LogP) is 2.30. The Morgan fingerprint density at radius 1 is 0.459 bits per heavy atom. The van der Waals surface area contributed by atoms with Crippen LogP contribution in [0.4, 0.5) is 0 Å². The van der Waals surface area contributed by atoms with E-state index in [0.29, 0.717) is 19.3 Å².